The molecule has 0 aromatic heterocycles. The maximum Gasteiger partial charge on any atom is 0.344 e. The van der Waals surface area contributed by atoms with Crippen molar-refractivity contribution >= 4 is 47.2 Å². The third kappa shape index (κ3) is 26.0. The van der Waals surface area contributed by atoms with Crippen LogP contribution >= 0.6 is 0 Å². The van der Waals surface area contributed by atoms with Crippen molar-refractivity contribution in [3.8, 4) is 51.4 Å². The third-order valence-electron chi connectivity index (χ3n) is 14.9. The predicted octanol–water partition coefficient (Wildman–Crippen LogP) is 16.2. The quantitative estimate of drug-likeness (QED) is 0.00544. The number of benzene rings is 6. The van der Waals surface area contributed by atoms with Crippen LogP contribution in [0.2, 0.25) is 0 Å². The molecule has 0 radical (unpaired) electrons. The number of nitro benzene ring substituents is 1. The minimum Gasteiger partial charge on any atom is -0.494 e. The number of unbranched alkanes of at least 4 members (excludes halogenated alkanes) is 15. The highest BCUT2D eigenvalue weighted by molar-refractivity contribution is 6.06. The molecule has 1 atom stereocenters. The van der Waals surface area contributed by atoms with Crippen LogP contribution in [-0.4, -0.2) is 86.5 Å². The molecule has 500 valence electrons. The van der Waals surface area contributed by atoms with E-state index < -0.39 is 40.7 Å². The SMILES string of the molecule is C=CC(=O)OCCCCCCCCCOc1ccc(OC(=O)c2ccc(C(=O)Oc3ccc(OCCCCCCCCCOC(=O)C=C)cc3)c(C(=O)OCCOc3ccc(OC(=O)c4ccc(-c5cc([N+](=O)[O-])c(O[C@@H](C)CCCCCC)cc5N)cc4)cc3)c2)cc1. The van der Waals surface area contributed by atoms with E-state index in [1.54, 1.807) is 72.8 Å². The second kappa shape index (κ2) is 40.8. The maximum absolute atomic E-state index is 13.9. The Morgan fingerprint density at radius 2 is 0.883 bits per heavy atom. The first kappa shape index (κ1) is 73.1. The second-order valence-electron chi connectivity index (χ2n) is 22.2. The Hall–Kier alpha value is -9.98. The number of carbonyl (C=O) groups is 6. The summed E-state index contributed by atoms with van der Waals surface area (Å²) in [4.78, 5) is 88.4. The highest BCUT2D eigenvalue weighted by Gasteiger charge is 2.25. The van der Waals surface area contributed by atoms with Gasteiger partial charge in [-0.15, -0.1) is 0 Å². The number of esters is 6. The second-order valence-corrected chi connectivity index (χ2v) is 22.2. The summed E-state index contributed by atoms with van der Waals surface area (Å²) >= 11 is 0. The Morgan fingerprint density at radius 3 is 1.36 bits per heavy atom. The van der Waals surface area contributed by atoms with Gasteiger partial charge in [0.25, 0.3) is 0 Å². The molecule has 0 amide bonds. The number of hydrogen-bond acceptors (Lipinski definition) is 19. The standard InChI is InChI=1S/C74H86N2O18/c1-5-8-9-20-25-53(4)91-68-52-66(75)64(51-67(68)76(83)84)54-26-28-55(29-27-54)71(79)92-60-39-35-59(36-40-60)87-48-49-90-73(81)65-50-56(72(80)93-61-37-31-57(32-38-61)85-44-21-16-12-10-14-18-23-46-88-69(77)6-2)30-43-63(65)74(82)94-62-41-33-58(34-42-62)86-45-22-17-13-11-15-19-24-47-89-70(78)7-3/h6-7,26-43,50-53H,2-3,5,8-25,44-49,75H2,1,4H3/t53-/m0/s1. The molecule has 0 saturated carbocycles. The summed E-state index contributed by atoms with van der Waals surface area (Å²) in [5.41, 5.74) is 7.11. The normalized spacial score (nSPS) is 11.1. The Bertz CT molecular complexity index is 3400. The van der Waals surface area contributed by atoms with Crippen LogP contribution in [0.15, 0.2) is 153 Å². The minimum atomic E-state index is -0.952. The lowest BCUT2D eigenvalue weighted by molar-refractivity contribution is -0.386. The third-order valence-corrected chi connectivity index (χ3v) is 14.9. The lowest BCUT2D eigenvalue weighted by Gasteiger charge is -2.16. The van der Waals surface area contributed by atoms with E-state index in [4.69, 9.17) is 53.1 Å². The van der Waals surface area contributed by atoms with Gasteiger partial charge in [-0.25, -0.2) is 28.8 Å². The molecule has 0 fully saturated rings. The van der Waals surface area contributed by atoms with Crippen molar-refractivity contribution in [3.63, 3.8) is 0 Å². The van der Waals surface area contributed by atoms with Gasteiger partial charge in [0.2, 0.25) is 0 Å². The van der Waals surface area contributed by atoms with Gasteiger partial charge >= 0.3 is 41.5 Å². The summed E-state index contributed by atoms with van der Waals surface area (Å²) in [6.07, 6.45) is 20.7. The van der Waals surface area contributed by atoms with Crippen LogP contribution in [0.4, 0.5) is 11.4 Å². The summed E-state index contributed by atoms with van der Waals surface area (Å²) in [7, 11) is 0. The van der Waals surface area contributed by atoms with Crippen molar-refractivity contribution in [3.05, 3.63) is 185 Å². The number of carbonyl (C=O) groups excluding carboxylic acids is 6. The molecule has 0 aliphatic rings. The van der Waals surface area contributed by atoms with Crippen LogP contribution in [0.5, 0.6) is 40.2 Å². The fourth-order valence-electron chi connectivity index (χ4n) is 9.71. The van der Waals surface area contributed by atoms with E-state index in [9.17, 15) is 38.9 Å². The van der Waals surface area contributed by atoms with E-state index in [2.05, 4.69) is 20.1 Å². The van der Waals surface area contributed by atoms with Crippen molar-refractivity contribution < 1.29 is 81.1 Å². The topological polar surface area (TPSA) is 264 Å². The van der Waals surface area contributed by atoms with Crippen LogP contribution in [0.3, 0.4) is 0 Å². The number of hydrogen-bond donors (Lipinski definition) is 1. The zero-order valence-corrected chi connectivity index (χ0v) is 53.8. The molecule has 0 aliphatic carbocycles. The van der Waals surface area contributed by atoms with Crippen molar-refractivity contribution in [1.29, 1.82) is 0 Å². The molecule has 20 nitrogen and oxygen atoms in total. The molecule has 0 aliphatic heterocycles. The van der Waals surface area contributed by atoms with E-state index >= 15 is 0 Å². The van der Waals surface area contributed by atoms with Gasteiger partial charge in [-0.05, 0) is 154 Å². The number of nitrogen functional groups attached to an aromatic ring is 1. The van der Waals surface area contributed by atoms with E-state index in [1.807, 2.05) is 6.92 Å². The van der Waals surface area contributed by atoms with Crippen LogP contribution in [0, 0.1) is 10.1 Å². The van der Waals surface area contributed by atoms with Crippen LogP contribution in [0.25, 0.3) is 11.1 Å². The van der Waals surface area contributed by atoms with E-state index in [0.717, 1.165) is 134 Å². The van der Waals surface area contributed by atoms with Gasteiger partial charge in [-0.3, -0.25) is 10.1 Å². The summed E-state index contributed by atoms with van der Waals surface area (Å²) in [5, 5.41) is 12.1. The molecule has 0 spiro atoms. The zero-order valence-electron chi connectivity index (χ0n) is 53.8. The predicted molar refractivity (Wildman–Crippen MR) is 356 cm³/mol. The Kier molecular flexibility index (Phi) is 31.7. The fraction of sp³-hybridized carbons (Fsp3) is 0.378. The summed E-state index contributed by atoms with van der Waals surface area (Å²) in [5.74, 6) is -1.93. The molecule has 20 heteroatoms. The lowest BCUT2D eigenvalue weighted by Crippen LogP contribution is -2.19. The average molecular weight is 1290 g/mol. The maximum atomic E-state index is 13.9. The Morgan fingerprint density at radius 1 is 0.457 bits per heavy atom. The lowest BCUT2D eigenvalue weighted by atomic mass is 10.0. The first-order chi connectivity index (χ1) is 45.6. The molecule has 0 unspecified atom stereocenters. The van der Waals surface area contributed by atoms with Crippen molar-refractivity contribution in [2.24, 2.45) is 0 Å². The van der Waals surface area contributed by atoms with Crippen molar-refractivity contribution in [2.75, 3.05) is 45.4 Å². The molecule has 6 aromatic rings. The molecule has 2 N–H and O–H groups in total. The van der Waals surface area contributed by atoms with Gasteiger partial charge in [0.05, 0.1) is 59.7 Å². The summed E-state index contributed by atoms with van der Waals surface area (Å²) in [6.45, 7) is 12.2. The fourth-order valence-corrected chi connectivity index (χ4v) is 9.71. The smallest absolute Gasteiger partial charge is 0.344 e. The molecular formula is C74H86N2O18. The van der Waals surface area contributed by atoms with Gasteiger partial charge in [0.15, 0.2) is 5.75 Å². The van der Waals surface area contributed by atoms with E-state index in [1.165, 1.54) is 54.6 Å². The van der Waals surface area contributed by atoms with Crippen LogP contribution < -0.4 is 38.9 Å². The van der Waals surface area contributed by atoms with Crippen molar-refractivity contribution in [2.45, 2.75) is 142 Å². The number of ether oxygens (including phenoxy) is 10. The Balaban J connectivity index is 1.01. The molecule has 94 heavy (non-hydrogen) atoms. The van der Waals surface area contributed by atoms with Crippen LogP contribution in [-0.2, 0) is 23.8 Å². The monoisotopic (exact) mass is 1290 g/mol. The highest BCUT2D eigenvalue weighted by atomic mass is 16.6. The van der Waals surface area contributed by atoms with E-state index in [-0.39, 0.29) is 75.9 Å². The van der Waals surface area contributed by atoms with Gasteiger partial charge in [-0.1, -0.05) is 116 Å². The minimum absolute atomic E-state index is 0.0529. The molecule has 0 bridgehead atoms. The first-order valence-electron chi connectivity index (χ1n) is 32.2. The first-order valence-corrected chi connectivity index (χ1v) is 32.2. The van der Waals surface area contributed by atoms with Gasteiger partial charge in [-0.2, -0.15) is 0 Å². The molecule has 0 heterocycles. The Labute approximate surface area is 549 Å². The molecular weight excluding hydrogens is 1200 g/mol. The summed E-state index contributed by atoms with van der Waals surface area (Å²) in [6, 6.07) is 32.1. The number of anilines is 1. The highest BCUT2D eigenvalue weighted by Crippen LogP contribution is 2.38. The number of nitrogens with zero attached hydrogens (tertiary/aromatic N) is 1. The van der Waals surface area contributed by atoms with Gasteiger partial charge in [0.1, 0.15) is 47.7 Å². The van der Waals surface area contributed by atoms with Gasteiger partial charge in [0, 0.05) is 35.5 Å². The molecule has 6 rings (SSSR count). The van der Waals surface area contributed by atoms with Gasteiger partial charge < -0.3 is 53.1 Å². The number of nitrogens with two attached hydrogens (primary N) is 1. The largest absolute Gasteiger partial charge is 0.494 e. The average Bonchev–Trinajstić information content (AvgIpc) is 0.885. The summed E-state index contributed by atoms with van der Waals surface area (Å²) < 4.78 is 56.2. The van der Waals surface area contributed by atoms with Crippen LogP contribution in [0.1, 0.15) is 177 Å². The van der Waals surface area contributed by atoms with E-state index in [0.29, 0.717) is 54.8 Å². The zero-order chi connectivity index (χ0) is 67.3. The van der Waals surface area contributed by atoms with Crippen molar-refractivity contribution in [1.82, 2.24) is 0 Å². The number of nitro groups is 1. The molecule has 0 saturated heterocycles. The molecule has 6 aromatic carbocycles. The number of rotatable bonds is 44.